The second-order valence-corrected chi connectivity index (χ2v) is 6.82. The van der Waals surface area contributed by atoms with Gasteiger partial charge >= 0.3 is 6.09 Å². The molecule has 0 bridgehead atoms. The summed E-state index contributed by atoms with van der Waals surface area (Å²) in [6, 6.07) is 16.3. The van der Waals surface area contributed by atoms with Crippen molar-refractivity contribution in [3.63, 3.8) is 0 Å². The fourth-order valence-electron chi connectivity index (χ4n) is 2.33. The molecule has 2 amide bonds. The summed E-state index contributed by atoms with van der Waals surface area (Å²) in [5.41, 5.74) is 1.40. The van der Waals surface area contributed by atoms with Gasteiger partial charge in [-0.1, -0.05) is 56.3 Å². The first kappa shape index (κ1) is 19.8. The Hall–Kier alpha value is -2.47. The monoisotopic (exact) mass is 372 g/mol. The van der Waals surface area contributed by atoms with Gasteiger partial charge < -0.3 is 10.1 Å². The third kappa shape index (κ3) is 6.11. The highest BCUT2D eigenvalue weighted by Crippen LogP contribution is 2.22. The Morgan fingerprint density at radius 1 is 1.08 bits per heavy atom. The second kappa shape index (κ2) is 10.5. The minimum atomic E-state index is -0.434. The van der Waals surface area contributed by atoms with Crippen LogP contribution in [0.3, 0.4) is 0 Å². The van der Waals surface area contributed by atoms with Crippen molar-refractivity contribution in [1.82, 2.24) is 0 Å². The zero-order valence-corrected chi connectivity index (χ0v) is 15.9. The van der Waals surface area contributed by atoms with Crippen LogP contribution in [0.4, 0.5) is 21.0 Å². The van der Waals surface area contributed by atoms with Crippen LogP contribution in [0.5, 0.6) is 5.75 Å². The topological polar surface area (TPSA) is 58.6 Å². The molecule has 2 aromatic rings. The fraction of sp³-hybridized carbons (Fsp3) is 0.300. The molecule has 0 spiro atoms. The molecule has 0 unspecified atom stereocenters. The molecule has 26 heavy (non-hydrogen) atoms. The number of nitrogens with one attached hydrogen (secondary N) is 1. The second-order valence-electron chi connectivity index (χ2n) is 5.58. The molecule has 0 aliphatic heterocycles. The normalized spacial score (nSPS) is 10.2. The first-order valence-electron chi connectivity index (χ1n) is 8.72. The Kier molecular flexibility index (Phi) is 8.02. The van der Waals surface area contributed by atoms with Gasteiger partial charge in [0, 0.05) is 24.0 Å². The molecule has 0 aromatic heterocycles. The van der Waals surface area contributed by atoms with Gasteiger partial charge in [0.25, 0.3) is 5.24 Å². The van der Waals surface area contributed by atoms with Crippen LogP contribution < -0.4 is 15.0 Å². The number of nitrogens with zero attached hydrogens (tertiary/aromatic N) is 1. The van der Waals surface area contributed by atoms with Crippen molar-refractivity contribution in [1.29, 1.82) is 0 Å². The molecule has 0 heterocycles. The van der Waals surface area contributed by atoms with Crippen LogP contribution in [0.2, 0.25) is 0 Å². The average Bonchev–Trinajstić information content (AvgIpc) is 2.63. The van der Waals surface area contributed by atoms with E-state index >= 15 is 0 Å². The standard InChI is InChI=1S/C20H24N2O3S/c1-3-5-14-22(17-11-7-6-8-12-17)20(24)25-18-13-9-10-16(15-18)21-19(23)26-4-2/h6-13,15H,3-5,14H2,1-2H3,(H,21,23). The predicted molar refractivity (Wildman–Crippen MR) is 108 cm³/mol. The van der Waals surface area contributed by atoms with Crippen molar-refractivity contribution in [3.8, 4) is 5.75 Å². The lowest BCUT2D eigenvalue weighted by atomic mass is 10.2. The molecular weight excluding hydrogens is 348 g/mol. The number of anilines is 2. The Bertz CT molecular complexity index is 722. The number of para-hydroxylation sites is 1. The van der Waals surface area contributed by atoms with Gasteiger partial charge in [0.15, 0.2) is 0 Å². The zero-order valence-electron chi connectivity index (χ0n) is 15.1. The summed E-state index contributed by atoms with van der Waals surface area (Å²) < 4.78 is 5.54. The molecule has 6 heteroatoms. The number of carbonyl (C=O) groups excluding carboxylic acids is 2. The molecular formula is C20H24N2O3S. The van der Waals surface area contributed by atoms with Gasteiger partial charge in [-0.05, 0) is 36.4 Å². The summed E-state index contributed by atoms with van der Waals surface area (Å²) >= 11 is 1.19. The van der Waals surface area contributed by atoms with E-state index in [9.17, 15) is 9.59 Å². The Labute approximate surface area is 158 Å². The van der Waals surface area contributed by atoms with Gasteiger partial charge in [-0.2, -0.15) is 0 Å². The average molecular weight is 372 g/mol. The summed E-state index contributed by atoms with van der Waals surface area (Å²) in [5, 5.41) is 2.64. The molecule has 2 aromatic carbocycles. The fourth-order valence-corrected chi connectivity index (χ4v) is 2.78. The molecule has 1 N–H and O–H groups in total. The van der Waals surface area contributed by atoms with E-state index in [0.717, 1.165) is 18.5 Å². The van der Waals surface area contributed by atoms with Crippen molar-refractivity contribution < 1.29 is 14.3 Å². The first-order valence-corrected chi connectivity index (χ1v) is 9.70. The Morgan fingerprint density at radius 3 is 2.54 bits per heavy atom. The van der Waals surface area contributed by atoms with Crippen LogP contribution in [-0.2, 0) is 0 Å². The van der Waals surface area contributed by atoms with Gasteiger partial charge in [0.2, 0.25) is 0 Å². The maximum absolute atomic E-state index is 12.7. The maximum atomic E-state index is 12.7. The van der Waals surface area contributed by atoms with Gasteiger partial charge in [-0.15, -0.1) is 0 Å². The summed E-state index contributed by atoms with van der Waals surface area (Å²) in [6.07, 6.45) is 1.43. The predicted octanol–water partition coefficient (Wildman–Crippen LogP) is 5.78. The smallest absolute Gasteiger partial charge is 0.410 e. The quantitative estimate of drug-likeness (QED) is 0.669. The lowest BCUT2D eigenvalue weighted by molar-refractivity contribution is 0.207. The van der Waals surface area contributed by atoms with Crippen LogP contribution in [-0.4, -0.2) is 23.6 Å². The number of hydrogen-bond donors (Lipinski definition) is 1. The Morgan fingerprint density at radius 2 is 1.85 bits per heavy atom. The summed E-state index contributed by atoms with van der Waals surface area (Å²) in [7, 11) is 0. The van der Waals surface area contributed by atoms with Gasteiger partial charge in [-0.25, -0.2) is 4.79 Å². The van der Waals surface area contributed by atoms with Crippen LogP contribution in [0.15, 0.2) is 54.6 Å². The third-order valence-corrected chi connectivity index (χ3v) is 4.24. The van der Waals surface area contributed by atoms with Crippen molar-refractivity contribution in [2.45, 2.75) is 26.7 Å². The molecule has 0 radical (unpaired) electrons. The van der Waals surface area contributed by atoms with Gasteiger partial charge in [-0.3, -0.25) is 9.69 Å². The molecule has 0 saturated heterocycles. The highest BCUT2D eigenvalue weighted by molar-refractivity contribution is 8.13. The third-order valence-electron chi connectivity index (χ3n) is 3.58. The molecule has 5 nitrogen and oxygen atoms in total. The van der Waals surface area contributed by atoms with E-state index in [2.05, 4.69) is 12.2 Å². The summed E-state index contributed by atoms with van der Waals surface area (Å²) in [4.78, 5) is 26.0. The van der Waals surface area contributed by atoms with Crippen molar-refractivity contribution >= 4 is 34.5 Å². The lowest BCUT2D eigenvalue weighted by Gasteiger charge is -2.22. The number of ether oxygens (including phenoxy) is 1. The van der Waals surface area contributed by atoms with E-state index in [1.54, 1.807) is 29.2 Å². The molecule has 0 saturated carbocycles. The van der Waals surface area contributed by atoms with E-state index in [4.69, 9.17) is 4.74 Å². The Balaban J connectivity index is 2.09. The molecule has 0 aliphatic rings. The molecule has 0 atom stereocenters. The van der Waals surface area contributed by atoms with Crippen molar-refractivity contribution in [2.75, 3.05) is 22.5 Å². The van der Waals surface area contributed by atoms with Gasteiger partial charge in [0.1, 0.15) is 5.75 Å². The van der Waals surface area contributed by atoms with Crippen LogP contribution in [0.25, 0.3) is 0 Å². The van der Waals surface area contributed by atoms with E-state index in [1.807, 2.05) is 37.3 Å². The number of thioether (sulfide) groups is 1. The molecule has 0 aliphatic carbocycles. The number of hydrogen-bond acceptors (Lipinski definition) is 4. The van der Waals surface area contributed by atoms with E-state index in [-0.39, 0.29) is 5.24 Å². The molecule has 2 rings (SSSR count). The summed E-state index contributed by atoms with van der Waals surface area (Å²) in [6.45, 7) is 4.58. The SMILES string of the molecule is CCCCN(C(=O)Oc1cccc(NC(=O)SCC)c1)c1ccccc1. The minimum absolute atomic E-state index is 0.134. The number of benzene rings is 2. The van der Waals surface area contributed by atoms with E-state index in [1.165, 1.54) is 11.8 Å². The maximum Gasteiger partial charge on any atom is 0.419 e. The largest absolute Gasteiger partial charge is 0.419 e. The first-order chi connectivity index (χ1) is 12.6. The summed E-state index contributed by atoms with van der Waals surface area (Å²) in [5.74, 6) is 1.09. The van der Waals surface area contributed by atoms with Crippen LogP contribution in [0.1, 0.15) is 26.7 Å². The lowest BCUT2D eigenvalue weighted by Crippen LogP contribution is -2.34. The number of carbonyl (C=O) groups is 2. The van der Waals surface area contributed by atoms with Crippen molar-refractivity contribution in [2.24, 2.45) is 0 Å². The number of unbranched alkanes of at least 4 members (excludes halogenated alkanes) is 1. The zero-order chi connectivity index (χ0) is 18.8. The highest BCUT2D eigenvalue weighted by Gasteiger charge is 2.17. The van der Waals surface area contributed by atoms with Crippen LogP contribution >= 0.6 is 11.8 Å². The number of rotatable bonds is 7. The minimum Gasteiger partial charge on any atom is -0.410 e. The number of amides is 2. The van der Waals surface area contributed by atoms with Crippen LogP contribution in [0, 0.1) is 0 Å². The highest BCUT2D eigenvalue weighted by atomic mass is 32.2. The molecule has 138 valence electrons. The molecule has 0 fully saturated rings. The van der Waals surface area contributed by atoms with E-state index in [0.29, 0.717) is 23.7 Å². The van der Waals surface area contributed by atoms with E-state index < -0.39 is 6.09 Å². The van der Waals surface area contributed by atoms with Gasteiger partial charge in [0.05, 0.1) is 0 Å². The van der Waals surface area contributed by atoms with Crippen molar-refractivity contribution in [3.05, 3.63) is 54.6 Å².